The number of esters is 1. The molecular formula is C18H19N5O2. The van der Waals surface area contributed by atoms with Crippen LogP contribution in [-0.2, 0) is 4.74 Å². The summed E-state index contributed by atoms with van der Waals surface area (Å²) in [5, 5.41) is 15.3. The number of carbonyl (C=O) groups is 1. The van der Waals surface area contributed by atoms with Gasteiger partial charge in [0.15, 0.2) is 5.82 Å². The molecule has 1 atom stereocenters. The quantitative estimate of drug-likeness (QED) is 0.694. The molecule has 0 unspecified atom stereocenters. The van der Waals surface area contributed by atoms with Gasteiger partial charge in [0.25, 0.3) is 0 Å². The van der Waals surface area contributed by atoms with E-state index in [1.807, 2.05) is 37.4 Å². The lowest BCUT2D eigenvalue weighted by Gasteiger charge is -2.16. The predicted octanol–water partition coefficient (Wildman–Crippen LogP) is 2.15. The van der Waals surface area contributed by atoms with E-state index < -0.39 is 0 Å². The van der Waals surface area contributed by atoms with Crippen molar-refractivity contribution in [3.05, 3.63) is 71.5 Å². The van der Waals surface area contributed by atoms with E-state index in [-0.39, 0.29) is 12.0 Å². The molecule has 0 aliphatic heterocycles. The Balaban J connectivity index is 1.92. The third kappa shape index (κ3) is 3.56. The molecule has 0 fully saturated rings. The van der Waals surface area contributed by atoms with Crippen LogP contribution in [0, 0.1) is 0 Å². The number of ether oxygens (including phenoxy) is 1. The van der Waals surface area contributed by atoms with Crippen molar-refractivity contribution in [2.75, 3.05) is 13.7 Å². The topological polar surface area (TPSA) is 81.9 Å². The second-order valence-electron chi connectivity index (χ2n) is 5.35. The number of carbonyl (C=O) groups excluding carboxylic acids is 1. The second-order valence-corrected chi connectivity index (χ2v) is 5.35. The van der Waals surface area contributed by atoms with Crippen LogP contribution in [0.4, 0.5) is 0 Å². The summed E-state index contributed by atoms with van der Waals surface area (Å²) in [6, 6.07) is 16.8. The molecule has 0 radical (unpaired) electrons. The van der Waals surface area contributed by atoms with Crippen LogP contribution in [0.3, 0.4) is 0 Å². The summed E-state index contributed by atoms with van der Waals surface area (Å²) in [5.74, 6) is 0.320. The van der Waals surface area contributed by atoms with Crippen molar-refractivity contribution in [3.8, 4) is 5.69 Å². The average Bonchev–Trinajstić information content (AvgIpc) is 3.13. The van der Waals surface area contributed by atoms with Crippen LogP contribution in [0.25, 0.3) is 5.69 Å². The highest BCUT2D eigenvalue weighted by atomic mass is 16.5. The zero-order valence-electron chi connectivity index (χ0n) is 14.1. The summed E-state index contributed by atoms with van der Waals surface area (Å²) in [6.07, 6.45) is 0. The number of nitrogens with zero attached hydrogens (tertiary/aromatic N) is 4. The van der Waals surface area contributed by atoms with Gasteiger partial charge in [0.05, 0.1) is 23.9 Å². The number of hydrogen-bond acceptors (Lipinski definition) is 6. The first kappa shape index (κ1) is 16.8. The summed E-state index contributed by atoms with van der Waals surface area (Å²) >= 11 is 0. The molecule has 0 aliphatic rings. The Morgan fingerprint density at radius 1 is 1.16 bits per heavy atom. The lowest BCUT2D eigenvalue weighted by Crippen LogP contribution is -2.22. The van der Waals surface area contributed by atoms with Crippen LogP contribution in [-0.4, -0.2) is 39.8 Å². The molecule has 0 saturated heterocycles. The molecule has 1 aromatic heterocycles. The Hall–Kier alpha value is -3.06. The SMILES string of the molecule is CCOC(=O)c1ccc(-n2nnnc2[C@H](NC)c2ccccc2)cc1. The lowest BCUT2D eigenvalue weighted by molar-refractivity contribution is 0.0526. The third-order valence-corrected chi connectivity index (χ3v) is 3.80. The maximum atomic E-state index is 11.8. The fraction of sp³-hybridized carbons (Fsp3) is 0.222. The summed E-state index contributed by atoms with van der Waals surface area (Å²) < 4.78 is 6.66. The first-order chi connectivity index (χ1) is 12.2. The van der Waals surface area contributed by atoms with Crippen molar-refractivity contribution >= 4 is 5.97 Å². The monoisotopic (exact) mass is 337 g/mol. The van der Waals surface area contributed by atoms with E-state index in [9.17, 15) is 4.79 Å². The maximum absolute atomic E-state index is 11.8. The molecule has 7 nitrogen and oxygen atoms in total. The van der Waals surface area contributed by atoms with E-state index in [0.717, 1.165) is 11.3 Å². The smallest absolute Gasteiger partial charge is 0.338 e. The van der Waals surface area contributed by atoms with Gasteiger partial charge in [-0.15, -0.1) is 5.10 Å². The lowest BCUT2D eigenvalue weighted by atomic mass is 10.1. The van der Waals surface area contributed by atoms with Crippen LogP contribution >= 0.6 is 0 Å². The summed E-state index contributed by atoms with van der Waals surface area (Å²) in [7, 11) is 1.86. The van der Waals surface area contributed by atoms with E-state index in [4.69, 9.17) is 4.74 Å². The molecular weight excluding hydrogens is 318 g/mol. The van der Waals surface area contributed by atoms with Gasteiger partial charge in [-0.05, 0) is 54.2 Å². The minimum atomic E-state index is -0.344. The van der Waals surface area contributed by atoms with Crippen molar-refractivity contribution in [1.29, 1.82) is 0 Å². The standard InChI is InChI=1S/C18H19N5O2/c1-3-25-18(24)14-9-11-15(12-10-14)23-17(20-21-22-23)16(19-2)13-7-5-4-6-8-13/h4-12,16,19H,3H2,1-2H3/t16-/m1/s1. The largest absolute Gasteiger partial charge is 0.462 e. The molecule has 3 aromatic rings. The number of hydrogen-bond donors (Lipinski definition) is 1. The average molecular weight is 337 g/mol. The van der Waals surface area contributed by atoms with Gasteiger partial charge in [-0.3, -0.25) is 0 Å². The van der Waals surface area contributed by atoms with E-state index in [1.54, 1.807) is 35.9 Å². The molecule has 0 saturated carbocycles. The van der Waals surface area contributed by atoms with Gasteiger partial charge >= 0.3 is 5.97 Å². The fourth-order valence-corrected chi connectivity index (χ4v) is 2.60. The van der Waals surface area contributed by atoms with Crippen molar-refractivity contribution in [1.82, 2.24) is 25.5 Å². The highest BCUT2D eigenvalue weighted by Crippen LogP contribution is 2.21. The highest BCUT2D eigenvalue weighted by Gasteiger charge is 2.20. The van der Waals surface area contributed by atoms with Crippen LogP contribution in [0.5, 0.6) is 0 Å². The molecule has 0 spiro atoms. The minimum absolute atomic E-state index is 0.152. The van der Waals surface area contributed by atoms with E-state index in [2.05, 4.69) is 20.8 Å². The minimum Gasteiger partial charge on any atom is -0.462 e. The van der Waals surface area contributed by atoms with Gasteiger partial charge in [-0.1, -0.05) is 30.3 Å². The summed E-state index contributed by atoms with van der Waals surface area (Å²) in [4.78, 5) is 11.8. The van der Waals surface area contributed by atoms with Crippen LogP contribution < -0.4 is 5.32 Å². The zero-order chi connectivity index (χ0) is 17.6. The van der Waals surface area contributed by atoms with Gasteiger partial charge in [0, 0.05) is 0 Å². The Morgan fingerprint density at radius 3 is 2.52 bits per heavy atom. The molecule has 25 heavy (non-hydrogen) atoms. The molecule has 3 rings (SSSR count). The maximum Gasteiger partial charge on any atom is 0.338 e. The molecule has 1 heterocycles. The van der Waals surface area contributed by atoms with Crippen molar-refractivity contribution in [3.63, 3.8) is 0 Å². The van der Waals surface area contributed by atoms with Crippen LogP contribution in [0.15, 0.2) is 54.6 Å². The second kappa shape index (κ2) is 7.67. The molecule has 2 aromatic carbocycles. The Bertz CT molecular complexity index is 830. The summed E-state index contributed by atoms with van der Waals surface area (Å²) in [5.41, 5.74) is 2.32. The number of aromatic nitrogens is 4. The molecule has 0 amide bonds. The van der Waals surface area contributed by atoms with Gasteiger partial charge in [-0.25, -0.2) is 4.79 Å². The van der Waals surface area contributed by atoms with Gasteiger partial charge < -0.3 is 10.1 Å². The number of nitrogens with one attached hydrogen (secondary N) is 1. The number of benzene rings is 2. The third-order valence-electron chi connectivity index (χ3n) is 3.80. The predicted molar refractivity (Wildman–Crippen MR) is 92.5 cm³/mol. The zero-order valence-corrected chi connectivity index (χ0v) is 14.1. The highest BCUT2D eigenvalue weighted by molar-refractivity contribution is 5.89. The molecule has 128 valence electrons. The Labute approximate surface area is 145 Å². The van der Waals surface area contributed by atoms with Gasteiger partial charge in [0.2, 0.25) is 0 Å². The van der Waals surface area contributed by atoms with E-state index in [0.29, 0.717) is 18.0 Å². The van der Waals surface area contributed by atoms with E-state index >= 15 is 0 Å². The van der Waals surface area contributed by atoms with E-state index in [1.165, 1.54) is 0 Å². The number of tetrazole rings is 1. The van der Waals surface area contributed by atoms with Crippen molar-refractivity contribution in [2.45, 2.75) is 13.0 Å². The normalized spacial score (nSPS) is 11.9. The number of rotatable bonds is 6. The van der Waals surface area contributed by atoms with Crippen molar-refractivity contribution in [2.24, 2.45) is 0 Å². The molecule has 1 N–H and O–H groups in total. The Morgan fingerprint density at radius 2 is 1.88 bits per heavy atom. The van der Waals surface area contributed by atoms with Crippen molar-refractivity contribution < 1.29 is 9.53 Å². The Kier molecular flexibility index (Phi) is 5.15. The van der Waals surface area contributed by atoms with Gasteiger partial charge in [-0.2, -0.15) is 4.68 Å². The van der Waals surface area contributed by atoms with Crippen LogP contribution in [0.1, 0.15) is 34.7 Å². The summed E-state index contributed by atoms with van der Waals surface area (Å²) in [6.45, 7) is 2.12. The van der Waals surface area contributed by atoms with Gasteiger partial charge in [0.1, 0.15) is 0 Å². The molecule has 0 bridgehead atoms. The molecule has 7 heteroatoms. The molecule has 0 aliphatic carbocycles. The fourth-order valence-electron chi connectivity index (χ4n) is 2.60. The first-order valence-corrected chi connectivity index (χ1v) is 8.02. The van der Waals surface area contributed by atoms with Crippen LogP contribution in [0.2, 0.25) is 0 Å². The first-order valence-electron chi connectivity index (χ1n) is 8.02.